The molecule has 1 aliphatic rings. The van der Waals surface area contributed by atoms with E-state index < -0.39 is 0 Å². The summed E-state index contributed by atoms with van der Waals surface area (Å²) in [7, 11) is 0. The van der Waals surface area contributed by atoms with Crippen LogP contribution in [0.25, 0.3) is 17.2 Å². The van der Waals surface area contributed by atoms with Crippen molar-refractivity contribution in [3.05, 3.63) is 65.7 Å². The number of rotatable bonds is 3. The minimum atomic E-state index is 0.191. The lowest BCUT2D eigenvalue weighted by atomic mass is 9.73. The van der Waals surface area contributed by atoms with Gasteiger partial charge in [0, 0.05) is 5.92 Å². The highest BCUT2D eigenvalue weighted by molar-refractivity contribution is 6.02. The van der Waals surface area contributed by atoms with E-state index in [4.69, 9.17) is 0 Å². The SMILES string of the molecule is CC(C)[C@H]1CC[C@@H](C)/C(=C/c2ccc(-c3ccccc3)cc2)C1=O. The second-order valence-electron chi connectivity index (χ2n) is 7.28. The van der Waals surface area contributed by atoms with Gasteiger partial charge in [0.2, 0.25) is 0 Å². The zero-order valence-corrected chi connectivity index (χ0v) is 14.8. The van der Waals surface area contributed by atoms with E-state index in [0.29, 0.717) is 17.6 Å². The lowest BCUT2D eigenvalue weighted by Gasteiger charge is -2.30. The van der Waals surface area contributed by atoms with Crippen LogP contribution in [0, 0.1) is 17.8 Å². The molecule has 1 fully saturated rings. The average molecular weight is 318 g/mol. The maximum atomic E-state index is 12.8. The second-order valence-corrected chi connectivity index (χ2v) is 7.28. The van der Waals surface area contributed by atoms with Crippen molar-refractivity contribution in [2.24, 2.45) is 17.8 Å². The van der Waals surface area contributed by atoms with Crippen molar-refractivity contribution in [2.75, 3.05) is 0 Å². The fourth-order valence-electron chi connectivity index (χ4n) is 3.60. The highest BCUT2D eigenvalue weighted by Crippen LogP contribution is 2.35. The van der Waals surface area contributed by atoms with Crippen LogP contribution in [0.4, 0.5) is 0 Å². The summed E-state index contributed by atoms with van der Waals surface area (Å²) in [6.07, 6.45) is 4.25. The summed E-state index contributed by atoms with van der Waals surface area (Å²) < 4.78 is 0. The van der Waals surface area contributed by atoms with E-state index in [2.05, 4.69) is 75.4 Å². The van der Waals surface area contributed by atoms with Crippen molar-refractivity contribution in [1.82, 2.24) is 0 Å². The molecule has 1 aliphatic carbocycles. The first-order valence-electron chi connectivity index (χ1n) is 8.97. The summed E-state index contributed by atoms with van der Waals surface area (Å²) >= 11 is 0. The smallest absolute Gasteiger partial charge is 0.162 e. The molecule has 2 aromatic rings. The number of benzene rings is 2. The Morgan fingerprint density at radius 1 is 0.917 bits per heavy atom. The Labute approximate surface area is 145 Å². The van der Waals surface area contributed by atoms with Crippen molar-refractivity contribution < 1.29 is 4.79 Å². The summed E-state index contributed by atoms with van der Waals surface area (Å²) in [5.41, 5.74) is 4.56. The van der Waals surface area contributed by atoms with Crippen LogP contribution in [0.15, 0.2) is 60.2 Å². The Kier molecular flexibility index (Phi) is 4.99. The summed E-state index contributed by atoms with van der Waals surface area (Å²) in [6, 6.07) is 18.9. The molecule has 0 unspecified atom stereocenters. The zero-order valence-electron chi connectivity index (χ0n) is 14.8. The molecule has 1 nitrogen and oxygen atoms in total. The average Bonchev–Trinajstić information content (AvgIpc) is 2.59. The Hall–Kier alpha value is -2.15. The van der Waals surface area contributed by atoms with Gasteiger partial charge in [-0.05, 0) is 53.0 Å². The van der Waals surface area contributed by atoms with Gasteiger partial charge in [0.15, 0.2) is 5.78 Å². The monoisotopic (exact) mass is 318 g/mol. The van der Waals surface area contributed by atoms with E-state index in [1.165, 1.54) is 11.1 Å². The van der Waals surface area contributed by atoms with E-state index in [9.17, 15) is 4.79 Å². The number of carbonyl (C=O) groups is 1. The Morgan fingerprint density at radius 3 is 2.17 bits per heavy atom. The number of hydrogen-bond acceptors (Lipinski definition) is 1. The maximum Gasteiger partial charge on any atom is 0.162 e. The first-order valence-corrected chi connectivity index (χ1v) is 8.97. The molecule has 24 heavy (non-hydrogen) atoms. The van der Waals surface area contributed by atoms with E-state index >= 15 is 0 Å². The highest BCUT2D eigenvalue weighted by atomic mass is 16.1. The molecule has 0 amide bonds. The summed E-state index contributed by atoms with van der Waals surface area (Å²) in [6.45, 7) is 6.49. The molecule has 0 aliphatic heterocycles. The lowest BCUT2D eigenvalue weighted by molar-refractivity contribution is -0.122. The number of hydrogen-bond donors (Lipinski definition) is 0. The van der Waals surface area contributed by atoms with Gasteiger partial charge in [-0.1, -0.05) is 75.4 Å². The number of allylic oxidation sites excluding steroid dienone is 1. The van der Waals surface area contributed by atoms with Gasteiger partial charge in [-0.15, -0.1) is 0 Å². The van der Waals surface area contributed by atoms with Gasteiger partial charge in [-0.2, -0.15) is 0 Å². The van der Waals surface area contributed by atoms with Crippen LogP contribution in [0.5, 0.6) is 0 Å². The predicted octanol–water partition coefficient (Wildman–Crippen LogP) is 6.01. The molecule has 0 radical (unpaired) electrons. The zero-order chi connectivity index (χ0) is 17.1. The predicted molar refractivity (Wildman–Crippen MR) is 102 cm³/mol. The van der Waals surface area contributed by atoms with Crippen LogP contribution >= 0.6 is 0 Å². The standard InChI is InChI=1S/C23H26O/c1-16(2)21-14-9-17(3)22(23(21)24)15-18-10-12-20(13-11-18)19-7-5-4-6-8-19/h4-8,10-13,15-17,21H,9,14H2,1-3H3/b22-15-/t17-,21-/m1/s1. The molecular weight excluding hydrogens is 292 g/mol. The topological polar surface area (TPSA) is 17.1 Å². The summed E-state index contributed by atoms with van der Waals surface area (Å²) in [5.74, 6) is 1.34. The quantitative estimate of drug-likeness (QED) is 0.633. The summed E-state index contributed by atoms with van der Waals surface area (Å²) in [5, 5.41) is 0. The van der Waals surface area contributed by atoms with Crippen molar-refractivity contribution in [2.45, 2.75) is 33.6 Å². The molecule has 3 rings (SSSR count). The van der Waals surface area contributed by atoms with Crippen LogP contribution in [0.2, 0.25) is 0 Å². The Balaban J connectivity index is 1.86. The first kappa shape index (κ1) is 16.7. The second kappa shape index (κ2) is 7.17. The van der Waals surface area contributed by atoms with Gasteiger partial charge in [0.1, 0.15) is 0 Å². The van der Waals surface area contributed by atoms with E-state index in [0.717, 1.165) is 24.0 Å². The minimum Gasteiger partial charge on any atom is -0.294 e. The molecule has 0 N–H and O–H groups in total. The fraction of sp³-hybridized carbons (Fsp3) is 0.348. The Morgan fingerprint density at radius 2 is 1.54 bits per heavy atom. The highest BCUT2D eigenvalue weighted by Gasteiger charge is 2.32. The van der Waals surface area contributed by atoms with Crippen LogP contribution in [-0.2, 0) is 4.79 Å². The molecule has 0 saturated heterocycles. The van der Waals surface area contributed by atoms with E-state index in [1.807, 2.05) is 6.07 Å². The number of carbonyl (C=O) groups excluding carboxylic acids is 1. The van der Waals surface area contributed by atoms with Crippen LogP contribution in [0.3, 0.4) is 0 Å². The van der Waals surface area contributed by atoms with Crippen LogP contribution < -0.4 is 0 Å². The normalized spacial score (nSPS) is 23.0. The first-order chi connectivity index (χ1) is 11.6. The maximum absolute atomic E-state index is 12.8. The van der Waals surface area contributed by atoms with Crippen molar-refractivity contribution in [3.63, 3.8) is 0 Å². The lowest BCUT2D eigenvalue weighted by Crippen LogP contribution is -2.30. The van der Waals surface area contributed by atoms with Gasteiger partial charge in [0.05, 0.1) is 0 Å². The molecular formula is C23H26O. The molecule has 124 valence electrons. The van der Waals surface area contributed by atoms with Gasteiger partial charge < -0.3 is 0 Å². The van der Waals surface area contributed by atoms with Crippen LogP contribution in [-0.4, -0.2) is 5.78 Å². The van der Waals surface area contributed by atoms with Gasteiger partial charge >= 0.3 is 0 Å². The molecule has 2 aromatic carbocycles. The molecule has 1 saturated carbocycles. The van der Waals surface area contributed by atoms with Gasteiger partial charge in [-0.25, -0.2) is 0 Å². The third kappa shape index (κ3) is 3.51. The largest absolute Gasteiger partial charge is 0.294 e. The van der Waals surface area contributed by atoms with Crippen molar-refractivity contribution in [1.29, 1.82) is 0 Å². The molecule has 0 bridgehead atoms. The number of ketones is 1. The Bertz CT molecular complexity index is 722. The molecule has 0 heterocycles. The third-order valence-corrected chi connectivity index (χ3v) is 5.21. The van der Waals surface area contributed by atoms with Crippen LogP contribution in [0.1, 0.15) is 39.2 Å². The fourth-order valence-corrected chi connectivity index (χ4v) is 3.60. The van der Waals surface area contributed by atoms with E-state index in [-0.39, 0.29) is 5.92 Å². The molecule has 2 atom stereocenters. The van der Waals surface area contributed by atoms with Gasteiger partial charge in [-0.3, -0.25) is 4.79 Å². The minimum absolute atomic E-state index is 0.191. The van der Waals surface area contributed by atoms with Crippen molar-refractivity contribution in [3.8, 4) is 11.1 Å². The van der Waals surface area contributed by atoms with Crippen molar-refractivity contribution >= 4 is 11.9 Å². The summed E-state index contributed by atoms with van der Waals surface area (Å²) in [4.78, 5) is 12.8. The third-order valence-electron chi connectivity index (χ3n) is 5.21. The molecule has 0 aromatic heterocycles. The van der Waals surface area contributed by atoms with E-state index in [1.54, 1.807) is 0 Å². The molecule has 1 heteroatoms. The number of Topliss-reactive ketones (excluding diaryl/α,β-unsaturated/α-hetero) is 1. The molecule has 0 spiro atoms. The van der Waals surface area contributed by atoms with Gasteiger partial charge in [0.25, 0.3) is 0 Å².